The van der Waals surface area contributed by atoms with E-state index in [0.29, 0.717) is 6.42 Å². The topological polar surface area (TPSA) is 95.6 Å². The Morgan fingerprint density at radius 2 is 1.62 bits per heavy atom. The van der Waals surface area contributed by atoms with Gasteiger partial charge in [0.1, 0.15) is 0 Å². The minimum absolute atomic E-state index is 0.106. The molecule has 7 nitrogen and oxygen atoms in total. The highest BCUT2D eigenvalue weighted by Gasteiger charge is 2.24. The fraction of sp³-hybridized carbons (Fsp3) is 0.333. The molecule has 2 amide bonds. The van der Waals surface area contributed by atoms with Crippen molar-refractivity contribution in [2.75, 3.05) is 13.6 Å². The van der Waals surface area contributed by atoms with Gasteiger partial charge in [-0.3, -0.25) is 20.4 Å². The van der Waals surface area contributed by atoms with Crippen LogP contribution in [0.2, 0.25) is 0 Å². The molecule has 29 heavy (non-hydrogen) atoms. The number of benzene rings is 2. The van der Waals surface area contributed by atoms with Crippen molar-refractivity contribution in [1.29, 1.82) is 0 Å². The highest BCUT2D eigenvalue weighted by atomic mass is 32.2. The molecule has 2 N–H and O–H groups in total. The van der Waals surface area contributed by atoms with Crippen molar-refractivity contribution in [2.24, 2.45) is 0 Å². The summed E-state index contributed by atoms with van der Waals surface area (Å²) in [6.45, 7) is 3.42. The SMILES string of the molecule is CCC[C@H](C(=O)NNC(=O)CN(C)S(=O)(=O)c1ccc(C)cc1)c1ccccc1. The van der Waals surface area contributed by atoms with Crippen LogP contribution in [0.1, 0.15) is 36.8 Å². The number of carbonyl (C=O) groups excluding carboxylic acids is 2. The quantitative estimate of drug-likeness (QED) is 0.645. The van der Waals surface area contributed by atoms with Crippen LogP contribution in [-0.2, 0) is 19.6 Å². The van der Waals surface area contributed by atoms with Gasteiger partial charge in [0.2, 0.25) is 15.9 Å². The molecule has 8 heteroatoms. The monoisotopic (exact) mass is 417 g/mol. The second kappa shape index (κ2) is 10.2. The molecule has 0 spiro atoms. The summed E-state index contributed by atoms with van der Waals surface area (Å²) >= 11 is 0. The highest BCUT2D eigenvalue weighted by Crippen LogP contribution is 2.21. The van der Waals surface area contributed by atoms with Crippen molar-refractivity contribution in [3.05, 3.63) is 65.7 Å². The molecule has 0 saturated carbocycles. The van der Waals surface area contributed by atoms with Gasteiger partial charge in [0.25, 0.3) is 5.91 Å². The Balaban J connectivity index is 1.95. The van der Waals surface area contributed by atoms with Crippen LogP contribution >= 0.6 is 0 Å². The van der Waals surface area contributed by atoms with E-state index in [4.69, 9.17) is 0 Å². The second-order valence-electron chi connectivity index (χ2n) is 6.86. The van der Waals surface area contributed by atoms with Crippen LogP contribution in [0.25, 0.3) is 0 Å². The number of aryl methyl sites for hydroxylation is 1. The van der Waals surface area contributed by atoms with Crippen LogP contribution in [0.3, 0.4) is 0 Å². The minimum Gasteiger partial charge on any atom is -0.273 e. The molecule has 0 radical (unpaired) electrons. The standard InChI is InChI=1S/C21H27N3O4S/c1-4-8-19(17-9-6-5-7-10-17)21(26)23-22-20(25)15-24(3)29(27,28)18-13-11-16(2)12-14-18/h5-7,9-14,19H,4,8,15H2,1-3H3,(H,22,25)(H,23,26)/t19-/m0/s1. The molecular formula is C21H27N3O4S. The molecule has 0 saturated heterocycles. The van der Waals surface area contributed by atoms with Gasteiger partial charge in [0.05, 0.1) is 17.4 Å². The van der Waals surface area contributed by atoms with Gasteiger partial charge in [0, 0.05) is 7.05 Å². The Labute approximate surface area is 172 Å². The first-order valence-corrected chi connectivity index (χ1v) is 10.9. The largest absolute Gasteiger partial charge is 0.273 e. The van der Waals surface area contributed by atoms with E-state index in [2.05, 4.69) is 10.9 Å². The highest BCUT2D eigenvalue weighted by molar-refractivity contribution is 7.89. The van der Waals surface area contributed by atoms with E-state index in [-0.39, 0.29) is 10.8 Å². The Morgan fingerprint density at radius 3 is 2.21 bits per heavy atom. The Kier molecular flexibility index (Phi) is 7.92. The maximum absolute atomic E-state index is 12.6. The molecule has 0 heterocycles. The predicted octanol–water partition coefficient (Wildman–Crippen LogP) is 2.35. The number of likely N-dealkylation sites (N-methyl/N-ethyl adjacent to an activating group) is 1. The van der Waals surface area contributed by atoms with E-state index in [0.717, 1.165) is 21.9 Å². The molecule has 0 aliphatic carbocycles. The number of sulfonamides is 1. The summed E-state index contributed by atoms with van der Waals surface area (Å²) in [5, 5.41) is 0. The van der Waals surface area contributed by atoms with Crippen molar-refractivity contribution in [1.82, 2.24) is 15.2 Å². The van der Waals surface area contributed by atoms with E-state index in [9.17, 15) is 18.0 Å². The molecule has 0 aliphatic rings. The number of nitrogens with zero attached hydrogens (tertiary/aromatic N) is 1. The summed E-state index contributed by atoms with van der Waals surface area (Å²) < 4.78 is 26.1. The van der Waals surface area contributed by atoms with E-state index in [1.165, 1.54) is 19.2 Å². The molecule has 1 atom stereocenters. The van der Waals surface area contributed by atoms with Gasteiger partial charge in [-0.05, 0) is 31.0 Å². The molecule has 2 aromatic carbocycles. The molecule has 0 fully saturated rings. The molecule has 156 valence electrons. The van der Waals surface area contributed by atoms with Crippen molar-refractivity contribution >= 4 is 21.8 Å². The van der Waals surface area contributed by atoms with Crippen LogP contribution in [0.4, 0.5) is 0 Å². The van der Waals surface area contributed by atoms with Crippen LogP contribution in [-0.4, -0.2) is 38.1 Å². The fourth-order valence-electron chi connectivity index (χ4n) is 2.86. The lowest BCUT2D eigenvalue weighted by molar-refractivity contribution is -0.129. The number of rotatable bonds is 8. The van der Waals surface area contributed by atoms with Crippen LogP contribution in [0, 0.1) is 6.92 Å². The van der Waals surface area contributed by atoms with Gasteiger partial charge in [-0.2, -0.15) is 4.31 Å². The smallest absolute Gasteiger partial charge is 0.253 e. The summed E-state index contributed by atoms with van der Waals surface area (Å²) in [7, 11) is -2.48. The third-order valence-corrected chi connectivity index (χ3v) is 6.33. The molecule has 0 unspecified atom stereocenters. The average molecular weight is 418 g/mol. The van der Waals surface area contributed by atoms with Crippen molar-refractivity contribution in [3.63, 3.8) is 0 Å². The number of carbonyl (C=O) groups is 2. The average Bonchev–Trinajstić information content (AvgIpc) is 2.71. The third kappa shape index (κ3) is 6.13. The van der Waals surface area contributed by atoms with Crippen molar-refractivity contribution in [3.8, 4) is 0 Å². The number of hydrogen-bond acceptors (Lipinski definition) is 4. The number of hydrogen-bond donors (Lipinski definition) is 2. The van der Waals surface area contributed by atoms with E-state index < -0.39 is 28.4 Å². The first kappa shape index (κ1) is 22.6. The Hall–Kier alpha value is -2.71. The number of amides is 2. The van der Waals surface area contributed by atoms with Gasteiger partial charge >= 0.3 is 0 Å². The van der Waals surface area contributed by atoms with Crippen molar-refractivity contribution in [2.45, 2.75) is 37.5 Å². The first-order chi connectivity index (χ1) is 13.8. The molecule has 0 aliphatic heterocycles. The molecule has 2 rings (SSSR count). The van der Waals surface area contributed by atoms with Gasteiger partial charge in [-0.25, -0.2) is 8.42 Å². The summed E-state index contributed by atoms with van der Waals surface area (Å²) in [6, 6.07) is 15.7. The van der Waals surface area contributed by atoms with Crippen LogP contribution < -0.4 is 10.9 Å². The van der Waals surface area contributed by atoms with E-state index in [1.807, 2.05) is 44.2 Å². The van der Waals surface area contributed by atoms with Gasteiger partial charge in [0.15, 0.2) is 0 Å². The number of nitrogens with one attached hydrogen (secondary N) is 2. The zero-order chi connectivity index (χ0) is 21.4. The third-order valence-electron chi connectivity index (χ3n) is 4.52. The van der Waals surface area contributed by atoms with Crippen LogP contribution in [0.15, 0.2) is 59.5 Å². The van der Waals surface area contributed by atoms with Gasteiger partial charge in [-0.1, -0.05) is 61.4 Å². The lowest BCUT2D eigenvalue weighted by atomic mass is 9.94. The lowest BCUT2D eigenvalue weighted by Gasteiger charge is -2.19. The maximum atomic E-state index is 12.6. The zero-order valence-corrected chi connectivity index (χ0v) is 17.7. The summed E-state index contributed by atoms with van der Waals surface area (Å²) in [4.78, 5) is 24.8. The predicted molar refractivity (Wildman–Crippen MR) is 111 cm³/mol. The second-order valence-corrected chi connectivity index (χ2v) is 8.91. The Bertz CT molecular complexity index is 928. The molecular weight excluding hydrogens is 390 g/mol. The molecule has 0 bridgehead atoms. The molecule has 0 aromatic heterocycles. The van der Waals surface area contributed by atoms with Gasteiger partial charge in [-0.15, -0.1) is 0 Å². The fourth-order valence-corrected chi connectivity index (χ4v) is 3.99. The summed E-state index contributed by atoms with van der Waals surface area (Å²) in [5.41, 5.74) is 6.52. The summed E-state index contributed by atoms with van der Waals surface area (Å²) in [5.74, 6) is -1.36. The first-order valence-electron chi connectivity index (χ1n) is 9.42. The minimum atomic E-state index is -3.80. The van der Waals surface area contributed by atoms with Gasteiger partial charge < -0.3 is 0 Å². The molecule has 2 aromatic rings. The maximum Gasteiger partial charge on any atom is 0.253 e. The zero-order valence-electron chi connectivity index (χ0n) is 16.9. The summed E-state index contributed by atoms with van der Waals surface area (Å²) in [6.07, 6.45) is 1.44. The van der Waals surface area contributed by atoms with Crippen LogP contribution in [0.5, 0.6) is 0 Å². The number of hydrazine groups is 1. The van der Waals surface area contributed by atoms with E-state index >= 15 is 0 Å². The Morgan fingerprint density at radius 1 is 1.00 bits per heavy atom. The normalized spacial score (nSPS) is 12.4. The lowest BCUT2D eigenvalue weighted by Crippen LogP contribution is -2.48. The van der Waals surface area contributed by atoms with Crippen molar-refractivity contribution < 1.29 is 18.0 Å². The van der Waals surface area contributed by atoms with E-state index in [1.54, 1.807) is 12.1 Å².